The van der Waals surface area contributed by atoms with Crippen molar-refractivity contribution < 1.29 is 23.9 Å². The van der Waals surface area contributed by atoms with Gasteiger partial charge < -0.3 is 35.4 Å². The molecule has 65 heavy (non-hydrogen) atoms. The van der Waals surface area contributed by atoms with E-state index >= 15 is 0 Å². The number of rotatable bonds is 25. The normalized spacial score (nSPS) is 16.1. The van der Waals surface area contributed by atoms with Crippen LogP contribution in [-0.4, -0.2) is 124 Å². The number of carbonyl (C=O) groups is 4. The molecule has 4 N–H and O–H groups in total. The molecular weight excluding hydrogens is 859 g/mol. The van der Waals surface area contributed by atoms with E-state index in [0.29, 0.717) is 25.5 Å². The van der Waals surface area contributed by atoms with Crippen molar-refractivity contribution in [3.05, 3.63) is 41.6 Å². The lowest BCUT2D eigenvalue weighted by Gasteiger charge is -2.32. The fourth-order valence-electron chi connectivity index (χ4n) is 7.64. The number of imide groups is 1. The van der Waals surface area contributed by atoms with Gasteiger partial charge in [-0.25, -0.2) is 4.98 Å². The number of likely N-dealkylation sites (tertiary alicyclic amines) is 1. The number of hydrogen-bond acceptors (Lipinski definition) is 13. The highest BCUT2D eigenvalue weighted by Gasteiger charge is 2.40. The first-order valence-electron chi connectivity index (χ1n) is 24.0. The Bertz CT molecular complexity index is 1900. The summed E-state index contributed by atoms with van der Waals surface area (Å²) in [5.74, 6) is 2.28. The van der Waals surface area contributed by atoms with Crippen LogP contribution in [0.15, 0.2) is 30.5 Å². The second kappa shape index (κ2) is 29.7. The van der Waals surface area contributed by atoms with E-state index in [1.807, 2.05) is 26.1 Å². The molecule has 2 aliphatic rings. The average Bonchev–Trinajstić information content (AvgIpc) is 3.82. The molecule has 2 saturated heterocycles. The molecule has 2 atom stereocenters. The molecule has 4 heterocycles. The molecule has 3 amide bonds. The highest BCUT2D eigenvalue weighted by molar-refractivity contribution is 8.77. The van der Waals surface area contributed by atoms with Crippen LogP contribution in [0.4, 0.5) is 11.8 Å². The molecule has 2 fully saturated rings. The van der Waals surface area contributed by atoms with E-state index in [0.717, 1.165) is 98.7 Å². The van der Waals surface area contributed by atoms with E-state index in [9.17, 15) is 19.2 Å². The molecule has 16 heteroatoms. The van der Waals surface area contributed by atoms with Gasteiger partial charge in [-0.2, -0.15) is 4.98 Å². The number of aromatic nitrogens is 3. The number of nitrogens with two attached hydrogens (primary N) is 1. The van der Waals surface area contributed by atoms with Crippen LogP contribution in [0, 0.1) is 11.8 Å². The van der Waals surface area contributed by atoms with Gasteiger partial charge in [-0.05, 0) is 57.4 Å². The Morgan fingerprint density at radius 3 is 2.37 bits per heavy atom. The van der Waals surface area contributed by atoms with Gasteiger partial charge in [-0.3, -0.25) is 24.2 Å². The second-order valence-electron chi connectivity index (χ2n) is 17.9. The number of nitrogens with one attached hydrogen (secondary N) is 2. The van der Waals surface area contributed by atoms with Crippen LogP contribution in [0.25, 0.3) is 11.0 Å². The third-order valence-electron chi connectivity index (χ3n) is 11.9. The molecule has 0 spiro atoms. The fourth-order valence-corrected chi connectivity index (χ4v) is 10.1. The topological polar surface area (TPSA) is 168 Å². The van der Waals surface area contributed by atoms with E-state index in [2.05, 4.69) is 94.8 Å². The number of nitrogens with zero attached hydrogens (tertiary/aromatic N) is 6. The Kier molecular flexibility index (Phi) is 25.4. The van der Waals surface area contributed by atoms with Crippen molar-refractivity contribution in [3.8, 4) is 5.75 Å². The van der Waals surface area contributed by atoms with Crippen LogP contribution < -0.4 is 21.1 Å². The highest BCUT2D eigenvalue weighted by atomic mass is 33.1. The largest absolute Gasteiger partial charge is 0.496 e. The summed E-state index contributed by atoms with van der Waals surface area (Å²) in [5.41, 5.74) is 10.2. The lowest BCUT2D eigenvalue weighted by atomic mass is 9.90. The number of benzene rings is 1. The zero-order valence-electron chi connectivity index (χ0n) is 41.1. The molecular formula is C49H81N9O5S2. The number of ether oxygens (including phenoxy) is 1. The monoisotopic (exact) mass is 940 g/mol. The van der Waals surface area contributed by atoms with Crippen molar-refractivity contribution in [3.63, 3.8) is 0 Å². The van der Waals surface area contributed by atoms with Gasteiger partial charge in [0.2, 0.25) is 23.7 Å². The predicted octanol–water partition coefficient (Wildman–Crippen LogP) is 8.67. The number of anilines is 2. The predicted molar refractivity (Wildman–Crippen MR) is 271 cm³/mol. The summed E-state index contributed by atoms with van der Waals surface area (Å²) >= 11 is 0. The number of nitrogen functional groups attached to an aromatic ring is 1. The zero-order chi connectivity index (χ0) is 47.8. The second-order valence-corrected chi connectivity index (χ2v) is 21.0. The summed E-state index contributed by atoms with van der Waals surface area (Å²) < 4.78 is 7.99. The zero-order valence-corrected chi connectivity index (χ0v) is 42.7. The smallest absolute Gasteiger partial charge is 0.233 e. The van der Waals surface area contributed by atoms with Crippen molar-refractivity contribution in [1.82, 2.24) is 34.6 Å². The van der Waals surface area contributed by atoms with E-state index in [1.165, 1.54) is 42.6 Å². The van der Waals surface area contributed by atoms with E-state index < -0.39 is 0 Å². The number of hydrogen-bond donors (Lipinski definition) is 3. The first-order valence-corrected chi connectivity index (χ1v) is 26.3. The van der Waals surface area contributed by atoms with Crippen LogP contribution in [-0.2, 0) is 32.3 Å². The van der Waals surface area contributed by atoms with Crippen LogP contribution in [0.2, 0.25) is 0 Å². The Balaban J connectivity index is 0.000000319. The quantitative estimate of drug-likeness (QED) is 0.0320. The molecule has 0 radical (unpaired) electrons. The van der Waals surface area contributed by atoms with Crippen LogP contribution in [0.3, 0.4) is 0 Å². The third kappa shape index (κ3) is 19.1. The van der Waals surface area contributed by atoms with Gasteiger partial charge in [0.1, 0.15) is 17.6 Å². The van der Waals surface area contributed by atoms with Crippen LogP contribution >= 0.6 is 21.6 Å². The number of aldehydes is 1. The summed E-state index contributed by atoms with van der Waals surface area (Å²) in [6.45, 7) is 22.5. The maximum absolute atomic E-state index is 12.3. The molecule has 0 aliphatic carbocycles. The number of unbranched alkanes of at least 4 members (excludes halogenated alkanes) is 4. The van der Waals surface area contributed by atoms with E-state index in [4.69, 9.17) is 10.5 Å². The van der Waals surface area contributed by atoms with Crippen molar-refractivity contribution in [2.24, 2.45) is 11.8 Å². The van der Waals surface area contributed by atoms with Gasteiger partial charge in [0.05, 0.1) is 19.2 Å². The molecule has 14 nitrogen and oxygen atoms in total. The van der Waals surface area contributed by atoms with Gasteiger partial charge in [0.25, 0.3) is 0 Å². The van der Waals surface area contributed by atoms with Gasteiger partial charge in [-0.15, -0.1) is 0 Å². The van der Waals surface area contributed by atoms with Crippen molar-refractivity contribution in [1.29, 1.82) is 0 Å². The van der Waals surface area contributed by atoms with Gasteiger partial charge >= 0.3 is 0 Å². The summed E-state index contributed by atoms with van der Waals surface area (Å²) in [7, 11) is 7.32. The first kappa shape index (κ1) is 55.5. The molecule has 3 aromatic rings. The Labute approximate surface area is 398 Å². The third-order valence-corrected chi connectivity index (χ3v) is 15.3. The van der Waals surface area contributed by atoms with Gasteiger partial charge in [-0.1, -0.05) is 107 Å². The molecule has 0 saturated carbocycles. The highest BCUT2D eigenvalue weighted by Crippen LogP contribution is 2.38. The standard InChI is InChI=1S/C25H37N7O.C19H32N2O4S2.C5H12/c1-4-5-6-10-27-24-23-21(28-25(26)29-24)9-11-32(23)18-20-8-7-19(16-22(20)33-3)17-31-14-12-30(2)13-15-31;1-5-14(2)15-13-17(24)21(18(15)25)10-7-16(23)20-9-12-26-27-19(3,4)8-6-11-22;1-3-5-4-2/h7-9,11,16H,4-6,10,12-15,17-18H2,1-3H3,(H3,26,27,28,29);11,14-15H,5-10,12-13H2,1-4H3,(H,20,23);3-5H2,1-2H3. The maximum atomic E-state index is 12.3. The summed E-state index contributed by atoms with van der Waals surface area (Å²) in [4.78, 5) is 61.9. The number of amides is 3. The molecule has 2 aromatic heterocycles. The first-order chi connectivity index (χ1) is 31.2. The van der Waals surface area contributed by atoms with Crippen molar-refractivity contribution in [2.45, 2.75) is 137 Å². The average molecular weight is 940 g/mol. The summed E-state index contributed by atoms with van der Waals surface area (Å²) in [5, 5.41) is 6.30. The number of likely N-dealkylation sites (N-methyl/N-ethyl adjacent to an activating group) is 1. The molecule has 364 valence electrons. The van der Waals surface area contributed by atoms with Crippen molar-refractivity contribution >= 4 is 68.4 Å². The Morgan fingerprint density at radius 1 is 1.00 bits per heavy atom. The van der Waals surface area contributed by atoms with Crippen molar-refractivity contribution in [2.75, 3.05) is 76.8 Å². The summed E-state index contributed by atoms with van der Waals surface area (Å²) in [6.07, 6.45) is 13.2. The van der Waals surface area contributed by atoms with E-state index in [1.54, 1.807) is 28.7 Å². The lowest BCUT2D eigenvalue weighted by Crippen LogP contribution is -2.43. The van der Waals surface area contributed by atoms with Gasteiger partial charge in [0, 0.05) is 99.8 Å². The van der Waals surface area contributed by atoms with Crippen LogP contribution in [0.5, 0.6) is 5.75 Å². The SMILES string of the molecule is CCC(C)C1CC(=O)N(CCC(=O)NCCSSC(C)(C)CCC=O)C1=O.CCCCC.CCCCCNc1nc(N)nc2ccn(Cc3ccc(CN4CCN(C)CC4)cc3OC)c12. The van der Waals surface area contributed by atoms with E-state index in [-0.39, 0.29) is 53.7 Å². The molecule has 5 rings (SSSR count). The lowest BCUT2D eigenvalue weighted by molar-refractivity contribution is -0.140. The minimum atomic E-state index is -0.235. The minimum Gasteiger partial charge on any atom is -0.496 e. The maximum Gasteiger partial charge on any atom is 0.233 e. The summed E-state index contributed by atoms with van der Waals surface area (Å²) in [6, 6.07) is 8.58. The number of methoxy groups -OCH3 is 1. The molecule has 0 bridgehead atoms. The van der Waals surface area contributed by atoms with Crippen LogP contribution in [0.1, 0.15) is 130 Å². The minimum absolute atomic E-state index is 0.0260. The number of carbonyl (C=O) groups excluding carboxylic acids is 4. The number of fused-ring (bicyclic) bond motifs is 1. The molecule has 2 aliphatic heterocycles. The molecule has 2 unspecified atom stereocenters. The van der Waals surface area contributed by atoms with Gasteiger partial charge in [0.15, 0.2) is 5.82 Å². The fraction of sp³-hybridized carbons (Fsp3) is 0.673. The Hall–Kier alpha value is -3.86. The molecule has 1 aromatic carbocycles. The Morgan fingerprint density at radius 2 is 1.72 bits per heavy atom. The number of piperazine rings is 1.